The lowest BCUT2D eigenvalue weighted by atomic mass is 10.1. The van der Waals surface area contributed by atoms with Crippen LogP contribution in [0.15, 0.2) is 0 Å². The maximum atomic E-state index is 11.6. The van der Waals surface area contributed by atoms with Crippen LogP contribution in [-0.4, -0.2) is 35.8 Å². The summed E-state index contributed by atoms with van der Waals surface area (Å²) in [5.41, 5.74) is 0. The number of carbonyl (C=O) groups excluding carboxylic acids is 6. The number of unbranched alkanes of at least 4 members (excludes halogenated alkanes) is 36. The van der Waals surface area contributed by atoms with Crippen LogP contribution in [0.25, 0.3) is 0 Å². The Labute approximate surface area is 442 Å². The minimum absolute atomic E-state index is 0.327. The Morgan fingerprint density at radius 2 is 0.264 bits per heavy atom. The summed E-state index contributed by atoms with van der Waals surface area (Å²) in [5, 5.41) is 0. The summed E-state index contributed by atoms with van der Waals surface area (Å²) in [6, 6.07) is 0. The number of hydrogen-bond donors (Lipinski definition) is 0. The molecule has 426 valence electrons. The van der Waals surface area contributed by atoms with Gasteiger partial charge in [-0.1, -0.05) is 273 Å². The second-order valence-electron chi connectivity index (χ2n) is 20.0. The van der Waals surface area contributed by atoms with E-state index in [1.165, 1.54) is 154 Å². The van der Waals surface area contributed by atoms with Crippen molar-refractivity contribution in [3.05, 3.63) is 0 Å². The molecule has 0 radical (unpaired) electrons. The molecular formula is C60H114O12. The third-order valence-corrected chi connectivity index (χ3v) is 12.6. The van der Waals surface area contributed by atoms with Gasteiger partial charge in [-0.15, -0.1) is 0 Å². The Morgan fingerprint density at radius 1 is 0.167 bits per heavy atom. The summed E-state index contributed by atoms with van der Waals surface area (Å²) < 4.78 is 0. The maximum Gasteiger partial charge on any atom is 0.355 e. The zero-order valence-electron chi connectivity index (χ0n) is 47.8. The fourth-order valence-electron chi connectivity index (χ4n) is 7.89. The molecule has 0 saturated carbocycles. The van der Waals surface area contributed by atoms with Gasteiger partial charge < -0.3 is 0 Å². The SMILES string of the molecule is CCCCCCCC(=O)OOC(=O)CCCCCCC.CCCCCCCCCC(=O)OOC(=O)CCCCCCCCC.CCCCCCCCCCCC(=O)OOC(=O)CCCCCCCCCCC. The van der Waals surface area contributed by atoms with Gasteiger partial charge in [0.25, 0.3) is 0 Å². The normalized spacial score (nSPS) is 10.6. The van der Waals surface area contributed by atoms with Crippen molar-refractivity contribution in [2.45, 2.75) is 350 Å². The first kappa shape index (κ1) is 73.1. The lowest BCUT2D eigenvalue weighted by molar-refractivity contribution is -0.259. The van der Waals surface area contributed by atoms with Crippen molar-refractivity contribution in [3.8, 4) is 0 Å². The van der Waals surface area contributed by atoms with Gasteiger partial charge >= 0.3 is 35.8 Å². The fraction of sp³-hybridized carbons (Fsp3) is 0.900. The van der Waals surface area contributed by atoms with E-state index >= 15 is 0 Å². The van der Waals surface area contributed by atoms with Crippen molar-refractivity contribution < 1.29 is 58.1 Å². The van der Waals surface area contributed by atoms with E-state index in [2.05, 4.69) is 70.9 Å². The average molecular weight is 1030 g/mol. The topological polar surface area (TPSA) is 158 Å². The van der Waals surface area contributed by atoms with Gasteiger partial charge in [0.15, 0.2) is 0 Å². The highest BCUT2D eigenvalue weighted by atomic mass is 17.2. The Morgan fingerprint density at radius 3 is 0.375 bits per heavy atom. The standard InChI is InChI=1S/C24H46O4.C20H38O4.C16H30O4/c1-3-5-7-9-11-13-15-17-19-21-23(25)27-28-24(26)22-20-18-16-14-12-10-8-6-4-2;1-3-5-7-9-11-13-15-17-19(21)23-24-20(22)18-16-14-12-10-8-6-4-2;1-3-5-7-9-11-13-15(17)19-20-16(18)14-12-10-8-6-4-2/h3-22H2,1-2H3;3-18H2,1-2H3;3-14H2,1-2H3. The molecule has 0 amide bonds. The fourth-order valence-corrected chi connectivity index (χ4v) is 7.89. The molecule has 0 aliphatic carbocycles. The summed E-state index contributed by atoms with van der Waals surface area (Å²) >= 11 is 0. The molecule has 0 aliphatic rings. The average Bonchev–Trinajstić information content (AvgIpc) is 3.37. The quantitative estimate of drug-likeness (QED) is 0.0323. The van der Waals surface area contributed by atoms with E-state index < -0.39 is 35.8 Å². The van der Waals surface area contributed by atoms with Gasteiger partial charge in [-0.25, -0.2) is 58.1 Å². The molecule has 12 heteroatoms. The third-order valence-electron chi connectivity index (χ3n) is 12.6. The molecule has 0 bridgehead atoms. The monoisotopic (exact) mass is 1030 g/mol. The van der Waals surface area contributed by atoms with Crippen LogP contribution >= 0.6 is 0 Å². The molecule has 0 rings (SSSR count). The van der Waals surface area contributed by atoms with Crippen molar-refractivity contribution in [1.82, 2.24) is 0 Å². The molecule has 0 aromatic rings. The highest BCUT2D eigenvalue weighted by Crippen LogP contribution is 2.15. The molecule has 12 nitrogen and oxygen atoms in total. The largest absolute Gasteiger partial charge is 0.355 e. The van der Waals surface area contributed by atoms with Crippen molar-refractivity contribution in [2.75, 3.05) is 0 Å². The summed E-state index contributed by atoms with van der Waals surface area (Å²) in [5.74, 6) is -2.61. The van der Waals surface area contributed by atoms with Gasteiger partial charge in [-0.05, 0) is 38.5 Å². The smallest absolute Gasteiger partial charge is 0.247 e. The first-order valence-electron chi connectivity index (χ1n) is 30.3. The van der Waals surface area contributed by atoms with Crippen LogP contribution < -0.4 is 0 Å². The summed E-state index contributed by atoms with van der Waals surface area (Å²) in [4.78, 5) is 96.1. The Hall–Kier alpha value is -3.18. The van der Waals surface area contributed by atoms with Crippen molar-refractivity contribution >= 4 is 35.8 Å². The minimum Gasteiger partial charge on any atom is -0.247 e. The second kappa shape index (κ2) is 63.9. The molecule has 0 spiro atoms. The van der Waals surface area contributed by atoms with Gasteiger partial charge in [0.05, 0.1) is 38.5 Å². The summed E-state index contributed by atoms with van der Waals surface area (Å²) in [7, 11) is 0. The van der Waals surface area contributed by atoms with Gasteiger partial charge in [0.2, 0.25) is 0 Å². The number of hydrogen-bond acceptors (Lipinski definition) is 12. The van der Waals surface area contributed by atoms with E-state index in [0.717, 1.165) is 116 Å². The summed E-state index contributed by atoms with van der Waals surface area (Å²) in [6.45, 7) is 13.2. The molecule has 0 atom stereocenters. The summed E-state index contributed by atoms with van der Waals surface area (Å²) in [6.07, 6.45) is 50.4. The predicted molar refractivity (Wildman–Crippen MR) is 292 cm³/mol. The molecule has 0 unspecified atom stereocenters. The zero-order valence-corrected chi connectivity index (χ0v) is 47.8. The van der Waals surface area contributed by atoms with E-state index in [-0.39, 0.29) is 0 Å². The molecule has 72 heavy (non-hydrogen) atoms. The third kappa shape index (κ3) is 66.8. The zero-order chi connectivity index (χ0) is 53.6. The first-order chi connectivity index (χ1) is 35.1. The van der Waals surface area contributed by atoms with E-state index in [9.17, 15) is 28.8 Å². The van der Waals surface area contributed by atoms with Crippen LogP contribution in [0, 0.1) is 0 Å². The Kier molecular flexibility index (Phi) is 64.9. The van der Waals surface area contributed by atoms with Crippen LogP contribution in [0.3, 0.4) is 0 Å². The van der Waals surface area contributed by atoms with Crippen LogP contribution in [0.1, 0.15) is 350 Å². The first-order valence-corrected chi connectivity index (χ1v) is 30.3. The molecule has 0 aromatic heterocycles. The molecular weight excluding hydrogens is 913 g/mol. The number of rotatable bonds is 48. The lowest BCUT2D eigenvalue weighted by Crippen LogP contribution is -2.11. The van der Waals surface area contributed by atoms with Crippen LogP contribution in [0.5, 0.6) is 0 Å². The van der Waals surface area contributed by atoms with Crippen LogP contribution in [0.4, 0.5) is 0 Å². The molecule has 0 heterocycles. The second-order valence-corrected chi connectivity index (χ2v) is 20.0. The van der Waals surface area contributed by atoms with Crippen molar-refractivity contribution in [3.63, 3.8) is 0 Å². The van der Waals surface area contributed by atoms with E-state index in [1.807, 2.05) is 0 Å². The molecule has 0 saturated heterocycles. The van der Waals surface area contributed by atoms with Crippen LogP contribution in [0.2, 0.25) is 0 Å². The van der Waals surface area contributed by atoms with Gasteiger partial charge in [0.1, 0.15) is 0 Å². The van der Waals surface area contributed by atoms with E-state index in [4.69, 9.17) is 0 Å². The van der Waals surface area contributed by atoms with Gasteiger partial charge in [-0.2, -0.15) is 0 Å². The molecule has 0 fully saturated rings. The van der Waals surface area contributed by atoms with Gasteiger partial charge in [-0.3, -0.25) is 0 Å². The highest BCUT2D eigenvalue weighted by Gasteiger charge is 2.12. The Balaban J connectivity index is -0.00000101. The van der Waals surface area contributed by atoms with E-state index in [1.54, 1.807) is 0 Å². The predicted octanol–water partition coefficient (Wildman–Crippen LogP) is 18.8. The maximum absolute atomic E-state index is 11.6. The Bertz CT molecular complexity index is 1100. The number of carbonyl (C=O) groups is 6. The van der Waals surface area contributed by atoms with Crippen molar-refractivity contribution in [1.29, 1.82) is 0 Å². The minimum atomic E-state index is -0.444. The van der Waals surface area contributed by atoms with Gasteiger partial charge in [0, 0.05) is 0 Å². The molecule has 0 N–H and O–H groups in total. The van der Waals surface area contributed by atoms with E-state index in [0.29, 0.717) is 38.5 Å². The lowest BCUT2D eigenvalue weighted by Gasteiger charge is -2.04. The highest BCUT2D eigenvalue weighted by molar-refractivity contribution is 5.74. The molecule has 0 aromatic carbocycles. The van der Waals surface area contributed by atoms with Crippen molar-refractivity contribution in [2.24, 2.45) is 0 Å². The molecule has 0 aliphatic heterocycles. The van der Waals surface area contributed by atoms with Crippen LogP contribution in [-0.2, 0) is 58.1 Å².